The van der Waals surface area contributed by atoms with Gasteiger partial charge in [-0.05, 0) is 44.0 Å². The number of hydrogen-bond donors (Lipinski definition) is 1. The number of sulfonamides is 1. The topological polar surface area (TPSA) is 116 Å². The molecule has 6 rings (SSSR count). The van der Waals surface area contributed by atoms with Crippen LogP contribution in [0.3, 0.4) is 0 Å². The van der Waals surface area contributed by atoms with Gasteiger partial charge in [0.05, 0.1) is 20.8 Å². The molecule has 0 atom stereocenters. The Morgan fingerprint density at radius 2 is 1.86 bits per heavy atom. The highest BCUT2D eigenvalue weighted by Gasteiger charge is 2.35. The zero-order valence-electron chi connectivity index (χ0n) is 18.9. The molecule has 1 aliphatic carbocycles. The Balaban J connectivity index is 1.25. The lowest BCUT2D eigenvalue weighted by Crippen LogP contribution is -2.29. The SMILES string of the molecule is Cc1cc(NC(=O)c2ccc(S(=O)(=O)N(C)C3CC3)cc2)n(-c2nc3cc4c(cc3s2)OCO4)n1. The van der Waals surface area contributed by atoms with Gasteiger partial charge in [0.1, 0.15) is 5.82 Å². The average Bonchev–Trinajstić information content (AvgIpc) is 3.27. The summed E-state index contributed by atoms with van der Waals surface area (Å²) in [4.78, 5) is 17.8. The number of rotatable bonds is 6. The summed E-state index contributed by atoms with van der Waals surface area (Å²) >= 11 is 1.41. The van der Waals surface area contributed by atoms with Crippen LogP contribution in [-0.2, 0) is 10.0 Å². The molecule has 3 heterocycles. The maximum absolute atomic E-state index is 13.0. The summed E-state index contributed by atoms with van der Waals surface area (Å²) in [6.45, 7) is 2.02. The second kappa shape index (κ2) is 8.04. The number of amides is 1. The molecule has 1 amide bonds. The van der Waals surface area contributed by atoms with Crippen molar-refractivity contribution in [2.24, 2.45) is 0 Å². The van der Waals surface area contributed by atoms with E-state index >= 15 is 0 Å². The maximum Gasteiger partial charge on any atom is 0.256 e. The summed E-state index contributed by atoms with van der Waals surface area (Å²) < 4.78 is 40.2. The molecule has 2 aliphatic rings. The van der Waals surface area contributed by atoms with Gasteiger partial charge in [-0.2, -0.15) is 14.1 Å². The number of nitrogens with one attached hydrogen (secondary N) is 1. The quantitative estimate of drug-likeness (QED) is 0.421. The first kappa shape index (κ1) is 22.0. The van der Waals surface area contributed by atoms with E-state index in [2.05, 4.69) is 15.4 Å². The lowest BCUT2D eigenvalue weighted by atomic mass is 10.2. The van der Waals surface area contributed by atoms with Gasteiger partial charge in [0.2, 0.25) is 21.9 Å². The summed E-state index contributed by atoms with van der Waals surface area (Å²) in [7, 11) is -1.98. The molecule has 0 spiro atoms. The molecule has 35 heavy (non-hydrogen) atoms. The molecule has 180 valence electrons. The van der Waals surface area contributed by atoms with Crippen LogP contribution in [0.15, 0.2) is 47.4 Å². The summed E-state index contributed by atoms with van der Waals surface area (Å²) in [6, 6.07) is 11.5. The fraction of sp³-hybridized carbons (Fsp3) is 0.261. The van der Waals surface area contributed by atoms with Gasteiger partial charge in [-0.3, -0.25) is 4.79 Å². The number of benzene rings is 2. The third-order valence-electron chi connectivity index (χ3n) is 5.98. The van der Waals surface area contributed by atoms with Crippen molar-refractivity contribution in [2.75, 3.05) is 19.2 Å². The minimum atomic E-state index is -3.57. The monoisotopic (exact) mass is 511 g/mol. The number of fused-ring (bicyclic) bond motifs is 2. The summed E-state index contributed by atoms with van der Waals surface area (Å²) in [5.74, 6) is 1.39. The zero-order chi connectivity index (χ0) is 24.3. The number of carbonyl (C=O) groups is 1. The minimum absolute atomic E-state index is 0.0649. The Bertz CT molecular complexity index is 1530. The van der Waals surface area contributed by atoms with E-state index in [-0.39, 0.29) is 23.6 Å². The summed E-state index contributed by atoms with van der Waals surface area (Å²) in [6.07, 6.45) is 1.75. The van der Waals surface area contributed by atoms with Crippen molar-refractivity contribution in [2.45, 2.75) is 30.7 Å². The molecule has 0 unspecified atom stereocenters. The molecule has 12 heteroatoms. The standard InChI is InChI=1S/C23H21N5O5S2/c1-13-9-21(28(26-13)23-24-17-10-18-19(33-12-32-18)11-20(17)34-23)25-22(29)14-3-7-16(8-4-14)35(30,31)27(2)15-5-6-15/h3-4,7-11,15H,5-6,12H2,1-2H3,(H,25,29). The predicted molar refractivity (Wildman–Crippen MR) is 130 cm³/mol. The number of nitrogens with zero attached hydrogens (tertiary/aromatic N) is 4. The highest BCUT2D eigenvalue weighted by Crippen LogP contribution is 2.39. The summed E-state index contributed by atoms with van der Waals surface area (Å²) in [5.41, 5.74) is 1.78. The van der Waals surface area contributed by atoms with Crippen molar-refractivity contribution in [3.8, 4) is 16.6 Å². The lowest BCUT2D eigenvalue weighted by Gasteiger charge is -2.16. The van der Waals surface area contributed by atoms with E-state index in [1.54, 1.807) is 17.8 Å². The van der Waals surface area contributed by atoms with Crippen LogP contribution in [0.5, 0.6) is 11.5 Å². The fourth-order valence-corrected chi connectivity index (χ4v) is 6.26. The highest BCUT2D eigenvalue weighted by molar-refractivity contribution is 7.89. The Hall–Kier alpha value is -3.48. The van der Waals surface area contributed by atoms with Crippen LogP contribution < -0.4 is 14.8 Å². The molecule has 1 saturated carbocycles. The number of hydrogen-bond acceptors (Lipinski definition) is 8. The van der Waals surface area contributed by atoms with Crippen LogP contribution in [-0.4, -0.2) is 53.3 Å². The molecule has 0 radical (unpaired) electrons. The van der Waals surface area contributed by atoms with Crippen LogP contribution in [0, 0.1) is 6.92 Å². The van der Waals surface area contributed by atoms with E-state index in [1.165, 1.54) is 39.9 Å². The van der Waals surface area contributed by atoms with Gasteiger partial charge < -0.3 is 14.8 Å². The smallest absolute Gasteiger partial charge is 0.256 e. The molecule has 2 aromatic carbocycles. The van der Waals surface area contributed by atoms with Gasteiger partial charge in [0.25, 0.3) is 5.91 Å². The second-order valence-corrected chi connectivity index (χ2v) is 11.5. The molecule has 1 aliphatic heterocycles. The Labute approximate surface area is 205 Å². The van der Waals surface area contributed by atoms with E-state index < -0.39 is 10.0 Å². The van der Waals surface area contributed by atoms with Gasteiger partial charge in [0.15, 0.2) is 11.5 Å². The minimum Gasteiger partial charge on any atom is -0.454 e. The number of thiazole rings is 1. The fourth-order valence-electron chi connectivity index (χ4n) is 3.90. The van der Waals surface area contributed by atoms with Gasteiger partial charge in [0, 0.05) is 36.9 Å². The predicted octanol–water partition coefficient (Wildman–Crippen LogP) is 3.55. The Morgan fingerprint density at radius 3 is 2.57 bits per heavy atom. The van der Waals surface area contributed by atoms with Crippen molar-refractivity contribution in [3.05, 3.63) is 53.7 Å². The Morgan fingerprint density at radius 1 is 1.14 bits per heavy atom. The number of carbonyl (C=O) groups excluding carboxylic acids is 1. The normalized spacial score (nSPS) is 15.2. The number of anilines is 1. The third-order valence-corrected chi connectivity index (χ3v) is 8.90. The van der Waals surface area contributed by atoms with Crippen LogP contribution in [0.4, 0.5) is 5.82 Å². The largest absolute Gasteiger partial charge is 0.454 e. The number of aromatic nitrogens is 3. The lowest BCUT2D eigenvalue weighted by molar-refractivity contribution is 0.102. The molecule has 0 saturated heterocycles. The first-order valence-corrected chi connectivity index (χ1v) is 13.2. The van der Waals surface area contributed by atoms with E-state index in [4.69, 9.17) is 9.47 Å². The first-order chi connectivity index (χ1) is 16.8. The first-order valence-electron chi connectivity index (χ1n) is 11.0. The molecule has 1 N–H and O–H groups in total. The van der Waals surface area contributed by atoms with Crippen molar-refractivity contribution in [1.82, 2.24) is 19.1 Å². The van der Waals surface area contributed by atoms with Crippen molar-refractivity contribution < 1.29 is 22.7 Å². The van der Waals surface area contributed by atoms with E-state index in [0.29, 0.717) is 33.7 Å². The summed E-state index contributed by atoms with van der Waals surface area (Å²) in [5, 5.41) is 7.94. The van der Waals surface area contributed by atoms with Crippen LogP contribution in [0.1, 0.15) is 28.9 Å². The number of ether oxygens (including phenoxy) is 2. The van der Waals surface area contributed by atoms with E-state index in [9.17, 15) is 13.2 Å². The van der Waals surface area contributed by atoms with Gasteiger partial charge >= 0.3 is 0 Å². The second-order valence-electron chi connectivity index (χ2n) is 8.48. The van der Waals surface area contributed by atoms with Gasteiger partial charge in [-0.25, -0.2) is 13.4 Å². The molecule has 10 nitrogen and oxygen atoms in total. The molecular formula is C23H21N5O5S2. The average molecular weight is 512 g/mol. The highest BCUT2D eigenvalue weighted by atomic mass is 32.2. The van der Waals surface area contributed by atoms with Crippen molar-refractivity contribution >= 4 is 43.3 Å². The third kappa shape index (κ3) is 3.93. The van der Waals surface area contributed by atoms with Crippen molar-refractivity contribution in [1.29, 1.82) is 0 Å². The van der Waals surface area contributed by atoms with Crippen LogP contribution in [0.25, 0.3) is 15.3 Å². The zero-order valence-corrected chi connectivity index (χ0v) is 20.5. The molecular weight excluding hydrogens is 490 g/mol. The van der Waals surface area contributed by atoms with Crippen LogP contribution >= 0.6 is 11.3 Å². The van der Waals surface area contributed by atoms with Crippen LogP contribution in [0.2, 0.25) is 0 Å². The van der Waals surface area contributed by atoms with Gasteiger partial charge in [-0.1, -0.05) is 11.3 Å². The molecule has 0 bridgehead atoms. The molecule has 1 fully saturated rings. The van der Waals surface area contributed by atoms with Gasteiger partial charge in [-0.15, -0.1) is 0 Å². The Kier molecular flexibility index (Phi) is 5.06. The van der Waals surface area contributed by atoms with Crippen molar-refractivity contribution in [3.63, 3.8) is 0 Å². The molecule has 2 aromatic heterocycles. The number of aryl methyl sites for hydroxylation is 1. The molecule has 4 aromatic rings. The van der Waals surface area contributed by atoms with E-state index in [0.717, 1.165) is 23.1 Å². The maximum atomic E-state index is 13.0. The van der Waals surface area contributed by atoms with E-state index in [1.807, 2.05) is 19.1 Å².